The van der Waals surface area contributed by atoms with Crippen molar-refractivity contribution < 1.29 is 18.8 Å². The standard InChI is InChI=1S/C18H18ClN3O4S/c1-18(14-3-2-9-26-14)16(24)22(17(25)21-18)11-15(23)20-8-10-27-13-6-4-12(19)5-7-13/h2-7,9H,8,10-11H2,1H3,(H,20,23)(H,21,25). The first-order valence-corrected chi connectivity index (χ1v) is 9.59. The van der Waals surface area contributed by atoms with E-state index in [9.17, 15) is 14.4 Å². The molecule has 0 spiro atoms. The first-order valence-electron chi connectivity index (χ1n) is 8.23. The molecule has 27 heavy (non-hydrogen) atoms. The van der Waals surface area contributed by atoms with Gasteiger partial charge in [0, 0.05) is 22.2 Å². The number of imide groups is 1. The topological polar surface area (TPSA) is 91.7 Å². The summed E-state index contributed by atoms with van der Waals surface area (Å²) >= 11 is 7.40. The second-order valence-electron chi connectivity index (χ2n) is 6.08. The molecule has 2 heterocycles. The third kappa shape index (κ3) is 4.28. The van der Waals surface area contributed by atoms with Crippen molar-refractivity contribution in [3.63, 3.8) is 0 Å². The number of benzene rings is 1. The summed E-state index contributed by atoms with van der Waals surface area (Å²) in [5.41, 5.74) is -1.30. The number of halogens is 1. The minimum atomic E-state index is -1.30. The summed E-state index contributed by atoms with van der Waals surface area (Å²) in [5.74, 6) is 0.0487. The number of carbonyl (C=O) groups excluding carboxylic acids is 3. The molecule has 1 unspecified atom stereocenters. The average molecular weight is 408 g/mol. The van der Waals surface area contributed by atoms with E-state index in [1.807, 2.05) is 12.1 Å². The summed E-state index contributed by atoms with van der Waals surface area (Å²) in [6.45, 7) is 1.62. The number of amides is 4. The molecule has 1 aromatic heterocycles. The van der Waals surface area contributed by atoms with Gasteiger partial charge in [0.2, 0.25) is 5.91 Å². The van der Waals surface area contributed by atoms with Crippen LogP contribution in [0.5, 0.6) is 0 Å². The van der Waals surface area contributed by atoms with Crippen molar-refractivity contribution in [2.24, 2.45) is 0 Å². The monoisotopic (exact) mass is 407 g/mol. The molecule has 1 saturated heterocycles. The molecule has 4 amide bonds. The Kier molecular flexibility index (Phi) is 5.76. The van der Waals surface area contributed by atoms with E-state index >= 15 is 0 Å². The molecule has 1 aromatic carbocycles. The lowest BCUT2D eigenvalue weighted by molar-refractivity contribution is -0.135. The van der Waals surface area contributed by atoms with E-state index < -0.39 is 23.4 Å². The smallest absolute Gasteiger partial charge is 0.325 e. The van der Waals surface area contributed by atoms with Crippen LogP contribution >= 0.6 is 23.4 Å². The van der Waals surface area contributed by atoms with Crippen LogP contribution in [0.25, 0.3) is 0 Å². The van der Waals surface area contributed by atoms with Crippen molar-refractivity contribution in [3.05, 3.63) is 53.4 Å². The molecule has 0 saturated carbocycles. The van der Waals surface area contributed by atoms with Crippen LogP contribution in [-0.2, 0) is 15.1 Å². The van der Waals surface area contributed by atoms with Gasteiger partial charge in [-0.3, -0.25) is 14.5 Å². The number of thioether (sulfide) groups is 1. The number of nitrogens with one attached hydrogen (secondary N) is 2. The number of hydrogen-bond donors (Lipinski definition) is 2. The second-order valence-corrected chi connectivity index (χ2v) is 7.68. The van der Waals surface area contributed by atoms with E-state index in [1.165, 1.54) is 6.26 Å². The first kappa shape index (κ1) is 19.3. The Morgan fingerprint density at radius 2 is 2.04 bits per heavy atom. The highest BCUT2D eigenvalue weighted by Crippen LogP contribution is 2.28. The Hall–Kier alpha value is -2.45. The summed E-state index contributed by atoms with van der Waals surface area (Å²) in [5, 5.41) is 5.96. The predicted octanol–water partition coefficient (Wildman–Crippen LogP) is 2.61. The molecule has 1 atom stereocenters. The van der Waals surface area contributed by atoms with Gasteiger partial charge in [-0.05, 0) is 43.3 Å². The Labute approximate surface area is 165 Å². The maximum atomic E-state index is 12.6. The van der Waals surface area contributed by atoms with Gasteiger partial charge in [0.15, 0.2) is 5.54 Å². The van der Waals surface area contributed by atoms with Crippen LogP contribution in [-0.4, -0.2) is 41.6 Å². The van der Waals surface area contributed by atoms with Crippen LogP contribution in [0.4, 0.5) is 4.79 Å². The van der Waals surface area contributed by atoms with E-state index in [2.05, 4.69) is 10.6 Å². The van der Waals surface area contributed by atoms with Gasteiger partial charge < -0.3 is 15.1 Å². The Morgan fingerprint density at radius 1 is 1.30 bits per heavy atom. The van der Waals surface area contributed by atoms with Crippen LogP contribution < -0.4 is 10.6 Å². The third-order valence-corrected chi connectivity index (χ3v) is 5.36. The minimum absolute atomic E-state index is 0.322. The molecule has 0 radical (unpaired) electrons. The molecule has 1 aliphatic rings. The van der Waals surface area contributed by atoms with Gasteiger partial charge in [-0.1, -0.05) is 11.6 Å². The van der Waals surface area contributed by atoms with Gasteiger partial charge in [0.25, 0.3) is 5.91 Å². The predicted molar refractivity (Wildman–Crippen MR) is 101 cm³/mol. The van der Waals surface area contributed by atoms with Crippen molar-refractivity contribution in [1.82, 2.24) is 15.5 Å². The zero-order chi connectivity index (χ0) is 19.4. The van der Waals surface area contributed by atoms with E-state index in [-0.39, 0.29) is 6.54 Å². The molecule has 3 rings (SSSR count). The largest absolute Gasteiger partial charge is 0.466 e. The highest BCUT2D eigenvalue weighted by atomic mass is 35.5. The second kappa shape index (κ2) is 8.06. The lowest BCUT2D eigenvalue weighted by atomic mass is 9.99. The third-order valence-electron chi connectivity index (χ3n) is 4.10. The number of nitrogens with zero attached hydrogens (tertiary/aromatic N) is 1. The molecule has 1 aliphatic heterocycles. The van der Waals surface area contributed by atoms with Crippen molar-refractivity contribution in [3.8, 4) is 0 Å². The van der Waals surface area contributed by atoms with Gasteiger partial charge in [0.05, 0.1) is 6.26 Å². The fraction of sp³-hybridized carbons (Fsp3) is 0.278. The molecule has 0 aliphatic carbocycles. The van der Waals surface area contributed by atoms with Crippen LogP contribution in [0.1, 0.15) is 12.7 Å². The number of urea groups is 1. The summed E-state index contributed by atoms with van der Waals surface area (Å²) in [4.78, 5) is 38.8. The zero-order valence-electron chi connectivity index (χ0n) is 14.5. The molecule has 2 aromatic rings. The van der Waals surface area contributed by atoms with Gasteiger partial charge in [-0.15, -0.1) is 11.8 Å². The summed E-state index contributed by atoms with van der Waals surface area (Å²) < 4.78 is 5.25. The van der Waals surface area contributed by atoms with Crippen LogP contribution in [0.2, 0.25) is 5.02 Å². The lowest BCUT2D eigenvalue weighted by Gasteiger charge is -2.18. The van der Waals surface area contributed by atoms with Crippen molar-refractivity contribution in [2.45, 2.75) is 17.4 Å². The van der Waals surface area contributed by atoms with Crippen LogP contribution in [0.3, 0.4) is 0 Å². The maximum absolute atomic E-state index is 12.6. The lowest BCUT2D eigenvalue weighted by Crippen LogP contribution is -2.43. The number of hydrogen-bond acceptors (Lipinski definition) is 5. The average Bonchev–Trinajstić information content (AvgIpc) is 3.25. The molecule has 7 nitrogen and oxygen atoms in total. The molecular formula is C18H18ClN3O4S. The van der Waals surface area contributed by atoms with Crippen molar-refractivity contribution in [1.29, 1.82) is 0 Å². The normalized spacial score (nSPS) is 19.3. The van der Waals surface area contributed by atoms with E-state index in [0.29, 0.717) is 23.1 Å². The molecule has 2 N–H and O–H groups in total. The fourth-order valence-electron chi connectivity index (χ4n) is 2.66. The Morgan fingerprint density at radius 3 is 2.70 bits per heavy atom. The minimum Gasteiger partial charge on any atom is -0.466 e. The Balaban J connectivity index is 1.48. The quantitative estimate of drug-likeness (QED) is 0.418. The molecular weight excluding hydrogens is 390 g/mol. The van der Waals surface area contributed by atoms with Crippen LogP contribution in [0.15, 0.2) is 52.0 Å². The van der Waals surface area contributed by atoms with Crippen molar-refractivity contribution in [2.75, 3.05) is 18.8 Å². The number of carbonyl (C=O) groups is 3. The fourth-order valence-corrected chi connectivity index (χ4v) is 3.55. The van der Waals surface area contributed by atoms with Crippen molar-refractivity contribution >= 4 is 41.2 Å². The van der Waals surface area contributed by atoms with E-state index in [0.717, 1.165) is 9.80 Å². The van der Waals surface area contributed by atoms with Gasteiger partial charge in [0.1, 0.15) is 12.3 Å². The van der Waals surface area contributed by atoms with Crippen LogP contribution in [0, 0.1) is 0 Å². The molecule has 9 heteroatoms. The molecule has 142 valence electrons. The number of furan rings is 1. The van der Waals surface area contributed by atoms with E-state index in [4.69, 9.17) is 16.0 Å². The summed E-state index contributed by atoms with van der Waals surface area (Å²) in [6.07, 6.45) is 1.42. The van der Waals surface area contributed by atoms with Gasteiger partial charge in [-0.25, -0.2) is 4.79 Å². The number of rotatable bonds is 7. The SMILES string of the molecule is CC1(c2ccco2)NC(=O)N(CC(=O)NCCSc2ccc(Cl)cc2)C1=O. The van der Waals surface area contributed by atoms with Gasteiger partial charge in [-0.2, -0.15) is 0 Å². The van der Waals surface area contributed by atoms with Gasteiger partial charge >= 0.3 is 6.03 Å². The first-order chi connectivity index (χ1) is 12.9. The maximum Gasteiger partial charge on any atom is 0.325 e. The Bertz CT molecular complexity index is 841. The molecule has 0 bridgehead atoms. The zero-order valence-corrected chi connectivity index (χ0v) is 16.1. The highest BCUT2D eigenvalue weighted by Gasteiger charge is 2.51. The summed E-state index contributed by atoms with van der Waals surface area (Å²) in [6, 6.07) is 10.0. The van der Waals surface area contributed by atoms with E-state index in [1.54, 1.807) is 43.0 Å². The molecule has 1 fully saturated rings. The summed E-state index contributed by atoms with van der Waals surface area (Å²) in [7, 11) is 0. The highest BCUT2D eigenvalue weighted by molar-refractivity contribution is 7.99.